The Hall–Kier alpha value is -2.25. The smallest absolute Gasteiger partial charge is 0.263 e. The first kappa shape index (κ1) is 21.1. The Morgan fingerprint density at radius 1 is 1.33 bits per heavy atom. The van der Waals surface area contributed by atoms with Crippen LogP contribution in [-0.2, 0) is 13.1 Å². The summed E-state index contributed by atoms with van der Waals surface area (Å²) in [6.45, 7) is 6.46. The van der Waals surface area contributed by atoms with Gasteiger partial charge in [0, 0.05) is 18.9 Å². The molecule has 146 valence electrons. The fourth-order valence-corrected chi connectivity index (χ4v) is 3.21. The molecule has 27 heavy (non-hydrogen) atoms. The van der Waals surface area contributed by atoms with Gasteiger partial charge in [0.2, 0.25) is 0 Å². The molecule has 0 aliphatic carbocycles. The van der Waals surface area contributed by atoms with E-state index < -0.39 is 0 Å². The molecule has 1 saturated heterocycles. The number of halogens is 1. The SMILES string of the molecule is Cc1cnc(CNC(=O)c2c(C)ccn(CC3CCCNC3)c2=O)cn1.Cl. The van der Waals surface area contributed by atoms with Gasteiger partial charge in [-0.15, -0.1) is 12.4 Å². The lowest BCUT2D eigenvalue weighted by atomic mass is 9.99. The molecule has 8 heteroatoms. The third-order valence-corrected chi connectivity index (χ3v) is 4.72. The number of piperidine rings is 1. The summed E-state index contributed by atoms with van der Waals surface area (Å²) < 4.78 is 1.66. The Balaban J connectivity index is 0.00000261. The largest absolute Gasteiger partial charge is 0.346 e. The van der Waals surface area contributed by atoms with Gasteiger partial charge < -0.3 is 15.2 Å². The summed E-state index contributed by atoms with van der Waals surface area (Å²) in [5.41, 5.74) is 2.13. The first-order valence-corrected chi connectivity index (χ1v) is 9.01. The van der Waals surface area contributed by atoms with E-state index in [1.165, 1.54) is 0 Å². The van der Waals surface area contributed by atoms with Gasteiger partial charge in [-0.1, -0.05) is 0 Å². The van der Waals surface area contributed by atoms with Crippen LogP contribution in [-0.4, -0.2) is 33.5 Å². The molecule has 3 rings (SSSR count). The third-order valence-electron chi connectivity index (χ3n) is 4.72. The molecule has 0 bridgehead atoms. The second-order valence-corrected chi connectivity index (χ2v) is 6.88. The zero-order valence-corrected chi connectivity index (χ0v) is 16.5. The summed E-state index contributed by atoms with van der Waals surface area (Å²) in [5.74, 6) is 0.0499. The van der Waals surface area contributed by atoms with E-state index >= 15 is 0 Å². The zero-order chi connectivity index (χ0) is 18.5. The number of amides is 1. The molecule has 3 heterocycles. The van der Waals surface area contributed by atoms with Crippen LogP contribution in [0, 0.1) is 19.8 Å². The summed E-state index contributed by atoms with van der Waals surface area (Å²) in [6.07, 6.45) is 7.29. The number of hydrogen-bond donors (Lipinski definition) is 2. The molecule has 2 aromatic rings. The number of hydrogen-bond acceptors (Lipinski definition) is 5. The van der Waals surface area contributed by atoms with Gasteiger partial charge in [-0.25, -0.2) is 0 Å². The predicted octanol–water partition coefficient (Wildman–Crippen LogP) is 1.61. The molecule has 1 aliphatic heterocycles. The molecule has 0 spiro atoms. The highest BCUT2D eigenvalue weighted by Crippen LogP contribution is 2.12. The molecule has 1 aliphatic rings. The van der Waals surface area contributed by atoms with Crippen molar-refractivity contribution in [2.24, 2.45) is 5.92 Å². The van der Waals surface area contributed by atoms with Crippen molar-refractivity contribution in [2.45, 2.75) is 39.8 Å². The van der Waals surface area contributed by atoms with Crippen LogP contribution >= 0.6 is 12.4 Å². The van der Waals surface area contributed by atoms with Gasteiger partial charge >= 0.3 is 0 Å². The van der Waals surface area contributed by atoms with Crippen LogP contribution in [0.3, 0.4) is 0 Å². The number of pyridine rings is 1. The molecule has 1 amide bonds. The van der Waals surface area contributed by atoms with Crippen molar-refractivity contribution in [2.75, 3.05) is 13.1 Å². The average molecular weight is 392 g/mol. The molecular weight excluding hydrogens is 366 g/mol. The summed E-state index contributed by atoms with van der Waals surface area (Å²) in [6, 6.07) is 1.83. The molecule has 1 atom stereocenters. The maximum absolute atomic E-state index is 12.8. The number of nitrogens with zero attached hydrogens (tertiary/aromatic N) is 3. The minimum atomic E-state index is -0.369. The molecule has 1 fully saturated rings. The lowest BCUT2D eigenvalue weighted by molar-refractivity contribution is 0.0947. The number of aromatic nitrogens is 3. The van der Waals surface area contributed by atoms with Gasteiger partial charge in [-0.2, -0.15) is 0 Å². The third kappa shape index (κ3) is 5.37. The van der Waals surface area contributed by atoms with Crippen molar-refractivity contribution >= 4 is 18.3 Å². The van der Waals surface area contributed by atoms with E-state index in [9.17, 15) is 9.59 Å². The highest BCUT2D eigenvalue weighted by atomic mass is 35.5. The molecule has 0 saturated carbocycles. The summed E-state index contributed by atoms with van der Waals surface area (Å²) in [4.78, 5) is 33.8. The van der Waals surface area contributed by atoms with Crippen molar-refractivity contribution < 1.29 is 4.79 Å². The van der Waals surface area contributed by atoms with Gasteiger partial charge in [0.05, 0.1) is 24.1 Å². The van der Waals surface area contributed by atoms with Crippen molar-refractivity contribution in [3.63, 3.8) is 0 Å². The average Bonchev–Trinajstić information content (AvgIpc) is 2.64. The Kier molecular flexibility index (Phi) is 7.50. The van der Waals surface area contributed by atoms with E-state index in [4.69, 9.17) is 0 Å². The van der Waals surface area contributed by atoms with Crippen LogP contribution in [0.5, 0.6) is 0 Å². The Labute approximate surface area is 165 Å². The van der Waals surface area contributed by atoms with E-state index in [0.29, 0.717) is 23.7 Å². The van der Waals surface area contributed by atoms with Crippen LogP contribution in [0.25, 0.3) is 0 Å². The molecule has 7 nitrogen and oxygen atoms in total. The minimum absolute atomic E-state index is 0. The number of carbonyl (C=O) groups excluding carboxylic acids is 1. The Morgan fingerprint density at radius 3 is 2.81 bits per heavy atom. The van der Waals surface area contributed by atoms with Crippen molar-refractivity contribution in [3.05, 3.63) is 57.5 Å². The fraction of sp³-hybridized carbons (Fsp3) is 0.474. The number of nitrogens with one attached hydrogen (secondary N) is 2. The van der Waals surface area contributed by atoms with Gasteiger partial charge in [-0.3, -0.25) is 19.6 Å². The first-order valence-electron chi connectivity index (χ1n) is 9.01. The highest BCUT2D eigenvalue weighted by Gasteiger charge is 2.19. The van der Waals surface area contributed by atoms with Crippen molar-refractivity contribution in [1.82, 2.24) is 25.2 Å². The summed E-state index contributed by atoms with van der Waals surface area (Å²) >= 11 is 0. The maximum atomic E-state index is 12.8. The number of rotatable bonds is 5. The number of carbonyl (C=O) groups is 1. The molecule has 2 N–H and O–H groups in total. The topological polar surface area (TPSA) is 88.9 Å². The van der Waals surface area contributed by atoms with E-state index in [1.807, 2.05) is 13.0 Å². The number of aryl methyl sites for hydroxylation is 2. The second-order valence-electron chi connectivity index (χ2n) is 6.88. The van der Waals surface area contributed by atoms with Gasteiger partial charge in [0.1, 0.15) is 5.56 Å². The van der Waals surface area contributed by atoms with Gasteiger partial charge in [0.15, 0.2) is 0 Å². The van der Waals surface area contributed by atoms with E-state index in [-0.39, 0.29) is 36.0 Å². The van der Waals surface area contributed by atoms with Crippen LogP contribution in [0.1, 0.15) is 40.2 Å². The minimum Gasteiger partial charge on any atom is -0.346 e. The van der Waals surface area contributed by atoms with E-state index in [2.05, 4.69) is 20.6 Å². The quantitative estimate of drug-likeness (QED) is 0.808. The van der Waals surface area contributed by atoms with Gasteiger partial charge in [-0.05, 0) is 57.3 Å². The lowest BCUT2D eigenvalue weighted by Gasteiger charge is -2.23. The normalized spacial score (nSPS) is 16.4. The predicted molar refractivity (Wildman–Crippen MR) is 106 cm³/mol. The van der Waals surface area contributed by atoms with Crippen LogP contribution in [0.4, 0.5) is 0 Å². The molecule has 0 radical (unpaired) electrons. The highest BCUT2D eigenvalue weighted by molar-refractivity contribution is 5.95. The Bertz CT molecular complexity index is 829. The van der Waals surface area contributed by atoms with Crippen LogP contribution < -0.4 is 16.2 Å². The van der Waals surface area contributed by atoms with Crippen molar-refractivity contribution in [1.29, 1.82) is 0 Å². The monoisotopic (exact) mass is 391 g/mol. The molecular formula is C19H26ClN5O2. The first-order chi connectivity index (χ1) is 12.5. The van der Waals surface area contributed by atoms with E-state index in [0.717, 1.165) is 31.6 Å². The van der Waals surface area contributed by atoms with Gasteiger partial charge in [0.25, 0.3) is 11.5 Å². The lowest BCUT2D eigenvalue weighted by Crippen LogP contribution is -2.37. The van der Waals surface area contributed by atoms with Crippen molar-refractivity contribution in [3.8, 4) is 0 Å². The Morgan fingerprint density at radius 2 is 2.15 bits per heavy atom. The summed E-state index contributed by atoms with van der Waals surface area (Å²) in [5, 5.41) is 6.14. The van der Waals surface area contributed by atoms with Crippen LogP contribution in [0.2, 0.25) is 0 Å². The summed E-state index contributed by atoms with van der Waals surface area (Å²) in [7, 11) is 0. The standard InChI is InChI=1S/C19H25N5O2.ClH/c1-13-5-7-24(12-15-4-3-6-20-9-15)19(26)17(13)18(25)23-11-16-10-21-14(2)8-22-16;/h5,7-8,10,15,20H,3-4,6,9,11-12H2,1-2H3,(H,23,25);1H. The molecule has 2 aromatic heterocycles. The fourth-order valence-electron chi connectivity index (χ4n) is 3.21. The molecule has 1 unspecified atom stereocenters. The van der Waals surface area contributed by atoms with E-state index in [1.54, 1.807) is 30.1 Å². The maximum Gasteiger partial charge on any atom is 0.263 e. The zero-order valence-electron chi connectivity index (χ0n) is 15.7. The molecule has 0 aromatic carbocycles. The second kappa shape index (κ2) is 9.62. The van der Waals surface area contributed by atoms with Crippen LogP contribution in [0.15, 0.2) is 29.5 Å².